The molecule has 1 saturated heterocycles. The summed E-state index contributed by atoms with van der Waals surface area (Å²) in [5.41, 5.74) is 1.26. The minimum Gasteiger partial charge on any atom is -0.507 e. The fourth-order valence-corrected chi connectivity index (χ4v) is 3.84. The first-order valence-electron chi connectivity index (χ1n) is 11.0. The SMILES string of the molecule is CCCN1C(=O)C(=O)/C(=C(\O)c2cccc(OC(C)C)c2)C1c1ccc(OC(C)C)cc1. The number of ether oxygens (including phenoxy) is 2. The first-order chi connectivity index (χ1) is 15.2. The van der Waals surface area contributed by atoms with Crippen LogP contribution in [0.1, 0.15) is 58.2 Å². The van der Waals surface area contributed by atoms with E-state index in [1.165, 1.54) is 4.90 Å². The Hall–Kier alpha value is -3.28. The molecule has 1 atom stereocenters. The molecule has 3 rings (SSSR count). The van der Waals surface area contributed by atoms with E-state index < -0.39 is 17.7 Å². The van der Waals surface area contributed by atoms with Crippen molar-refractivity contribution >= 4 is 17.4 Å². The van der Waals surface area contributed by atoms with Gasteiger partial charge >= 0.3 is 0 Å². The molecule has 170 valence electrons. The van der Waals surface area contributed by atoms with E-state index in [0.717, 1.165) is 5.56 Å². The second-order valence-electron chi connectivity index (χ2n) is 8.42. The zero-order valence-electron chi connectivity index (χ0n) is 19.3. The summed E-state index contributed by atoms with van der Waals surface area (Å²) in [6.07, 6.45) is 0.691. The first-order valence-corrected chi connectivity index (χ1v) is 11.0. The van der Waals surface area contributed by atoms with E-state index in [0.29, 0.717) is 30.0 Å². The quantitative estimate of drug-likeness (QED) is 0.354. The van der Waals surface area contributed by atoms with E-state index in [-0.39, 0.29) is 23.5 Å². The van der Waals surface area contributed by atoms with Crippen molar-refractivity contribution < 1.29 is 24.2 Å². The van der Waals surface area contributed by atoms with Crippen LogP contribution >= 0.6 is 0 Å². The molecule has 2 aromatic carbocycles. The molecule has 0 aromatic heterocycles. The van der Waals surface area contributed by atoms with Crippen LogP contribution in [0.3, 0.4) is 0 Å². The number of aliphatic hydroxyl groups is 1. The van der Waals surface area contributed by atoms with Crippen molar-refractivity contribution in [3.63, 3.8) is 0 Å². The van der Waals surface area contributed by atoms with Crippen LogP contribution in [0.15, 0.2) is 54.1 Å². The molecule has 6 nitrogen and oxygen atoms in total. The summed E-state index contributed by atoms with van der Waals surface area (Å²) in [5.74, 6) is -0.203. The maximum absolute atomic E-state index is 13.0. The maximum atomic E-state index is 13.0. The van der Waals surface area contributed by atoms with E-state index >= 15 is 0 Å². The summed E-state index contributed by atoms with van der Waals surface area (Å²) < 4.78 is 11.4. The number of rotatable bonds is 8. The van der Waals surface area contributed by atoms with Gasteiger partial charge in [0.25, 0.3) is 11.7 Å². The van der Waals surface area contributed by atoms with E-state index in [1.807, 2.05) is 58.9 Å². The van der Waals surface area contributed by atoms with E-state index in [9.17, 15) is 14.7 Å². The third-order valence-corrected chi connectivity index (χ3v) is 5.05. The summed E-state index contributed by atoms with van der Waals surface area (Å²) in [4.78, 5) is 27.4. The van der Waals surface area contributed by atoms with Crippen molar-refractivity contribution in [2.75, 3.05) is 6.54 Å². The molecule has 1 amide bonds. The predicted octanol–water partition coefficient (Wildman–Crippen LogP) is 5.09. The molecule has 0 radical (unpaired) electrons. The molecule has 1 aliphatic rings. The normalized spacial score (nSPS) is 18.0. The van der Waals surface area contributed by atoms with Crippen molar-refractivity contribution in [1.82, 2.24) is 4.90 Å². The zero-order valence-corrected chi connectivity index (χ0v) is 19.3. The van der Waals surface area contributed by atoms with Crippen molar-refractivity contribution in [3.05, 3.63) is 65.2 Å². The lowest BCUT2D eigenvalue weighted by Crippen LogP contribution is -2.30. The largest absolute Gasteiger partial charge is 0.507 e. The summed E-state index contributed by atoms with van der Waals surface area (Å²) in [6.45, 7) is 10.1. The van der Waals surface area contributed by atoms with E-state index in [4.69, 9.17) is 9.47 Å². The van der Waals surface area contributed by atoms with Crippen molar-refractivity contribution in [3.8, 4) is 11.5 Å². The fourth-order valence-electron chi connectivity index (χ4n) is 3.84. The van der Waals surface area contributed by atoms with Gasteiger partial charge in [0.2, 0.25) is 0 Å². The van der Waals surface area contributed by atoms with Gasteiger partial charge in [-0.1, -0.05) is 31.2 Å². The third-order valence-electron chi connectivity index (χ3n) is 5.05. The monoisotopic (exact) mass is 437 g/mol. The molecule has 1 N–H and O–H groups in total. The molecule has 1 heterocycles. The van der Waals surface area contributed by atoms with Crippen LogP contribution in [0.25, 0.3) is 5.76 Å². The van der Waals surface area contributed by atoms with E-state index in [2.05, 4.69) is 0 Å². The van der Waals surface area contributed by atoms with E-state index in [1.54, 1.807) is 24.3 Å². The lowest BCUT2D eigenvalue weighted by atomic mass is 9.95. The van der Waals surface area contributed by atoms with Crippen LogP contribution in [0.2, 0.25) is 0 Å². The van der Waals surface area contributed by atoms with Crippen molar-refractivity contribution in [2.24, 2.45) is 0 Å². The van der Waals surface area contributed by atoms with Gasteiger partial charge in [0.15, 0.2) is 0 Å². The zero-order chi connectivity index (χ0) is 23.4. The first kappa shape index (κ1) is 23.4. The van der Waals surface area contributed by atoms with Gasteiger partial charge < -0.3 is 19.5 Å². The summed E-state index contributed by atoms with van der Waals surface area (Å²) in [5, 5.41) is 11.2. The lowest BCUT2D eigenvalue weighted by Gasteiger charge is -2.25. The number of hydrogen-bond acceptors (Lipinski definition) is 5. The average molecular weight is 438 g/mol. The fraction of sp³-hybridized carbons (Fsp3) is 0.385. The Morgan fingerprint density at radius 1 is 0.969 bits per heavy atom. The Bertz CT molecular complexity index is 1010. The number of likely N-dealkylation sites (tertiary alicyclic amines) is 1. The molecule has 0 aliphatic carbocycles. The average Bonchev–Trinajstić information content (AvgIpc) is 2.98. The van der Waals surface area contributed by atoms with Crippen LogP contribution in [0.5, 0.6) is 11.5 Å². The number of carbonyl (C=O) groups is 2. The smallest absolute Gasteiger partial charge is 0.295 e. The molecular formula is C26H31NO5. The highest BCUT2D eigenvalue weighted by molar-refractivity contribution is 6.46. The Balaban J connectivity index is 2.09. The number of amides is 1. The highest BCUT2D eigenvalue weighted by atomic mass is 16.5. The van der Waals surface area contributed by atoms with Gasteiger partial charge in [0, 0.05) is 12.1 Å². The second-order valence-corrected chi connectivity index (χ2v) is 8.42. The minimum atomic E-state index is -0.682. The van der Waals surface area contributed by atoms with Gasteiger partial charge in [-0.3, -0.25) is 9.59 Å². The van der Waals surface area contributed by atoms with Crippen LogP contribution in [-0.4, -0.2) is 40.4 Å². The Morgan fingerprint density at radius 2 is 1.59 bits per heavy atom. The molecule has 1 aliphatic heterocycles. The molecule has 0 saturated carbocycles. The molecular weight excluding hydrogens is 406 g/mol. The summed E-state index contributed by atoms with van der Waals surface area (Å²) >= 11 is 0. The number of benzene rings is 2. The van der Waals surface area contributed by atoms with Gasteiger partial charge in [0.05, 0.1) is 23.8 Å². The molecule has 1 unspecified atom stereocenters. The number of aliphatic hydroxyl groups excluding tert-OH is 1. The van der Waals surface area contributed by atoms with Crippen LogP contribution in [-0.2, 0) is 9.59 Å². The van der Waals surface area contributed by atoms with Crippen LogP contribution < -0.4 is 9.47 Å². The summed E-state index contributed by atoms with van der Waals surface area (Å²) in [7, 11) is 0. The molecule has 0 bridgehead atoms. The number of ketones is 1. The molecule has 2 aromatic rings. The second kappa shape index (κ2) is 9.90. The number of hydrogen-bond donors (Lipinski definition) is 1. The van der Waals surface area contributed by atoms with Gasteiger partial charge in [-0.25, -0.2) is 0 Å². The molecule has 0 spiro atoms. The molecule has 1 fully saturated rings. The van der Waals surface area contributed by atoms with Gasteiger partial charge in [0.1, 0.15) is 17.3 Å². The van der Waals surface area contributed by atoms with Gasteiger partial charge in [-0.15, -0.1) is 0 Å². The molecule has 6 heteroatoms. The van der Waals surface area contributed by atoms with Crippen molar-refractivity contribution in [2.45, 2.75) is 59.3 Å². The number of nitrogens with zero attached hydrogens (tertiary/aromatic N) is 1. The molecule has 32 heavy (non-hydrogen) atoms. The number of carbonyl (C=O) groups excluding carboxylic acids is 2. The summed E-state index contributed by atoms with van der Waals surface area (Å²) in [6, 6.07) is 13.6. The topological polar surface area (TPSA) is 76.1 Å². The highest BCUT2D eigenvalue weighted by Crippen LogP contribution is 2.40. The lowest BCUT2D eigenvalue weighted by molar-refractivity contribution is -0.139. The standard InChI is InChI=1S/C26H31NO5/c1-6-14-27-23(18-10-12-20(13-11-18)31-16(2)3)22(25(29)26(27)30)24(28)19-8-7-9-21(15-19)32-17(4)5/h7-13,15-17,23,28H,6,14H2,1-5H3/b24-22-. The Labute approximate surface area is 189 Å². The van der Waals surface area contributed by atoms with Gasteiger partial charge in [-0.2, -0.15) is 0 Å². The predicted molar refractivity (Wildman–Crippen MR) is 124 cm³/mol. The number of Topliss-reactive ketones (excluding diaryl/α,β-unsaturated/α-hetero) is 1. The van der Waals surface area contributed by atoms with Crippen LogP contribution in [0, 0.1) is 0 Å². The third kappa shape index (κ3) is 4.96. The Kier molecular flexibility index (Phi) is 7.23. The minimum absolute atomic E-state index is 0.0332. The Morgan fingerprint density at radius 3 is 2.19 bits per heavy atom. The van der Waals surface area contributed by atoms with Crippen molar-refractivity contribution in [1.29, 1.82) is 0 Å². The van der Waals surface area contributed by atoms with Crippen LogP contribution in [0.4, 0.5) is 0 Å². The van der Waals surface area contributed by atoms with Gasteiger partial charge in [-0.05, 0) is 63.9 Å². The maximum Gasteiger partial charge on any atom is 0.295 e. The highest BCUT2D eigenvalue weighted by Gasteiger charge is 2.45.